The van der Waals surface area contributed by atoms with Gasteiger partial charge in [0.05, 0.1) is 10.7 Å². The molecule has 33 heavy (non-hydrogen) atoms. The molecule has 0 bridgehead atoms. The number of aromatic nitrogens is 2. The van der Waals surface area contributed by atoms with Crippen molar-refractivity contribution in [2.24, 2.45) is 5.73 Å². The average molecular weight is 462 g/mol. The molecule has 3 heterocycles. The normalized spacial score (nSPS) is 21.7. The highest BCUT2D eigenvalue weighted by molar-refractivity contribution is 6.33. The molecule has 0 amide bonds. The number of pyridine rings is 2. The summed E-state index contributed by atoms with van der Waals surface area (Å²) in [4.78, 5) is 11.9. The number of halogens is 1. The first-order valence-electron chi connectivity index (χ1n) is 12.1. The third-order valence-corrected chi connectivity index (χ3v) is 7.38. The molecule has 2 aliphatic rings. The van der Waals surface area contributed by atoms with Crippen molar-refractivity contribution in [3.05, 3.63) is 71.4 Å². The Morgan fingerprint density at radius 2 is 1.67 bits per heavy atom. The highest BCUT2D eigenvalue weighted by Crippen LogP contribution is 2.33. The molecule has 1 aromatic carbocycles. The lowest BCUT2D eigenvalue weighted by Gasteiger charge is -2.33. The third-order valence-electron chi connectivity index (χ3n) is 7.08. The lowest BCUT2D eigenvalue weighted by atomic mass is 9.89. The van der Waals surface area contributed by atoms with Crippen LogP contribution in [0, 0.1) is 0 Å². The van der Waals surface area contributed by atoms with Crippen LogP contribution in [0.25, 0.3) is 11.3 Å². The molecule has 0 spiro atoms. The number of hydrogen-bond acceptors (Lipinski definition) is 5. The van der Waals surface area contributed by atoms with Crippen LogP contribution >= 0.6 is 11.6 Å². The van der Waals surface area contributed by atoms with Crippen LogP contribution in [0.1, 0.15) is 50.0 Å². The first-order chi connectivity index (χ1) is 16.2. The molecular weight excluding hydrogens is 430 g/mol. The van der Waals surface area contributed by atoms with E-state index in [1.807, 2.05) is 12.1 Å². The maximum atomic E-state index is 6.56. The zero-order valence-corrected chi connectivity index (χ0v) is 19.7. The van der Waals surface area contributed by atoms with E-state index in [0.29, 0.717) is 23.0 Å². The van der Waals surface area contributed by atoms with Crippen molar-refractivity contribution in [2.45, 2.75) is 56.5 Å². The summed E-state index contributed by atoms with van der Waals surface area (Å²) in [6.45, 7) is 2.02. The molecule has 1 aliphatic heterocycles. The van der Waals surface area contributed by atoms with Crippen molar-refractivity contribution in [2.75, 3.05) is 23.3 Å². The van der Waals surface area contributed by atoms with Gasteiger partial charge in [0.1, 0.15) is 11.6 Å². The van der Waals surface area contributed by atoms with Gasteiger partial charge in [0.25, 0.3) is 0 Å². The monoisotopic (exact) mass is 461 g/mol. The molecule has 6 heteroatoms. The van der Waals surface area contributed by atoms with Crippen LogP contribution in [0.4, 0.5) is 11.6 Å². The van der Waals surface area contributed by atoms with Crippen molar-refractivity contribution in [1.29, 1.82) is 0 Å². The van der Waals surface area contributed by atoms with Gasteiger partial charge in [-0.15, -0.1) is 0 Å². The van der Waals surface area contributed by atoms with Crippen LogP contribution < -0.4 is 16.0 Å². The maximum Gasteiger partial charge on any atom is 0.129 e. The van der Waals surface area contributed by atoms with Crippen LogP contribution in [0.2, 0.25) is 5.02 Å². The van der Waals surface area contributed by atoms with E-state index in [2.05, 4.69) is 57.7 Å². The molecule has 1 aliphatic carbocycles. The summed E-state index contributed by atoms with van der Waals surface area (Å²) >= 11 is 6.56. The van der Waals surface area contributed by atoms with Crippen molar-refractivity contribution in [1.82, 2.24) is 9.97 Å². The first-order valence-corrected chi connectivity index (χ1v) is 12.5. The standard InChI is InChI=1S/C27H32ClN5/c28-24-18-30-26(31-22-11-9-21(29)10-12-22)17-23(24)25-7-4-8-27(32-25)33-15-13-20(14-16-33)19-5-2-1-3-6-19/h1-8,17-18,20-22H,9-16,29H2,(H,30,31)/t21-,22-. The van der Waals surface area contributed by atoms with Gasteiger partial charge in [0.15, 0.2) is 0 Å². The Morgan fingerprint density at radius 3 is 2.42 bits per heavy atom. The summed E-state index contributed by atoms with van der Waals surface area (Å²) in [6, 6.07) is 19.8. The molecular formula is C27H32ClN5. The van der Waals surface area contributed by atoms with E-state index in [1.54, 1.807) is 6.20 Å². The van der Waals surface area contributed by atoms with Crippen molar-refractivity contribution in [3.8, 4) is 11.3 Å². The van der Waals surface area contributed by atoms with E-state index in [-0.39, 0.29) is 0 Å². The second kappa shape index (κ2) is 10.1. The number of rotatable bonds is 5. The largest absolute Gasteiger partial charge is 0.367 e. The van der Waals surface area contributed by atoms with Crippen LogP contribution in [0.3, 0.4) is 0 Å². The van der Waals surface area contributed by atoms with Gasteiger partial charge in [-0.3, -0.25) is 0 Å². The lowest BCUT2D eigenvalue weighted by Crippen LogP contribution is -2.33. The van der Waals surface area contributed by atoms with E-state index >= 15 is 0 Å². The summed E-state index contributed by atoms with van der Waals surface area (Å²) in [5.74, 6) is 2.50. The number of anilines is 2. The van der Waals surface area contributed by atoms with E-state index in [0.717, 1.165) is 74.5 Å². The van der Waals surface area contributed by atoms with Crippen LogP contribution in [0.15, 0.2) is 60.8 Å². The van der Waals surface area contributed by atoms with Crippen LogP contribution in [0.5, 0.6) is 0 Å². The fourth-order valence-electron chi connectivity index (χ4n) is 5.10. The molecule has 1 saturated carbocycles. The smallest absolute Gasteiger partial charge is 0.129 e. The highest BCUT2D eigenvalue weighted by Gasteiger charge is 2.22. The summed E-state index contributed by atoms with van der Waals surface area (Å²) in [7, 11) is 0. The second-order valence-electron chi connectivity index (χ2n) is 9.36. The predicted molar refractivity (Wildman–Crippen MR) is 137 cm³/mol. The zero-order valence-electron chi connectivity index (χ0n) is 19.0. The molecule has 2 aromatic heterocycles. The average Bonchev–Trinajstić information content (AvgIpc) is 2.87. The number of nitrogens with two attached hydrogens (primary N) is 1. The summed E-state index contributed by atoms with van der Waals surface area (Å²) in [5, 5.41) is 4.20. The Labute approximate surface area is 201 Å². The Morgan fingerprint density at radius 1 is 0.909 bits per heavy atom. The third kappa shape index (κ3) is 5.31. The molecule has 0 unspecified atom stereocenters. The van der Waals surface area contributed by atoms with Gasteiger partial charge >= 0.3 is 0 Å². The maximum absolute atomic E-state index is 6.56. The summed E-state index contributed by atoms with van der Waals surface area (Å²) in [5.41, 5.74) is 9.30. The molecule has 3 N–H and O–H groups in total. The van der Waals surface area contributed by atoms with Crippen molar-refractivity contribution < 1.29 is 0 Å². The Hall–Kier alpha value is -2.63. The lowest BCUT2D eigenvalue weighted by molar-refractivity contribution is 0.410. The van der Waals surface area contributed by atoms with Crippen molar-refractivity contribution in [3.63, 3.8) is 0 Å². The van der Waals surface area contributed by atoms with Gasteiger partial charge in [-0.05, 0) is 68.2 Å². The first kappa shape index (κ1) is 22.2. The Balaban J connectivity index is 1.29. The Kier molecular flexibility index (Phi) is 6.79. The number of nitrogens with zero attached hydrogens (tertiary/aromatic N) is 3. The minimum Gasteiger partial charge on any atom is -0.367 e. The number of nitrogens with one attached hydrogen (secondary N) is 1. The molecule has 3 aromatic rings. The molecule has 1 saturated heterocycles. The quantitative estimate of drug-likeness (QED) is 0.497. The molecule has 2 fully saturated rings. The predicted octanol–water partition coefficient (Wildman–Crippen LogP) is 5.86. The summed E-state index contributed by atoms with van der Waals surface area (Å²) in [6.07, 6.45) is 8.29. The second-order valence-corrected chi connectivity index (χ2v) is 9.77. The van der Waals surface area contributed by atoms with E-state index < -0.39 is 0 Å². The number of piperidine rings is 1. The highest BCUT2D eigenvalue weighted by atomic mass is 35.5. The van der Waals surface area contributed by atoms with E-state index in [1.165, 1.54) is 5.56 Å². The van der Waals surface area contributed by atoms with Crippen LogP contribution in [-0.2, 0) is 0 Å². The molecule has 5 rings (SSSR count). The summed E-state index contributed by atoms with van der Waals surface area (Å²) < 4.78 is 0. The van der Waals surface area contributed by atoms with Crippen molar-refractivity contribution >= 4 is 23.2 Å². The number of hydrogen-bond donors (Lipinski definition) is 2. The SMILES string of the molecule is N[C@H]1CC[C@H](Nc2cc(-c3cccc(N4CCC(c5ccccc5)CC4)n3)c(Cl)cn2)CC1. The van der Waals surface area contributed by atoms with Gasteiger partial charge in [-0.2, -0.15) is 0 Å². The van der Waals surface area contributed by atoms with E-state index in [4.69, 9.17) is 22.3 Å². The van der Waals surface area contributed by atoms with Gasteiger partial charge in [0, 0.05) is 36.9 Å². The van der Waals surface area contributed by atoms with E-state index in [9.17, 15) is 0 Å². The molecule has 172 valence electrons. The van der Waals surface area contributed by atoms with Crippen LogP contribution in [-0.4, -0.2) is 35.1 Å². The van der Waals surface area contributed by atoms with Gasteiger partial charge in [-0.1, -0.05) is 48.0 Å². The fourth-order valence-corrected chi connectivity index (χ4v) is 5.30. The molecule has 5 nitrogen and oxygen atoms in total. The Bertz CT molecular complexity index is 1060. The van der Waals surface area contributed by atoms with Gasteiger partial charge in [-0.25, -0.2) is 9.97 Å². The minimum atomic E-state index is 0.335. The molecule has 0 radical (unpaired) electrons. The van der Waals surface area contributed by atoms with Gasteiger partial charge in [0.2, 0.25) is 0 Å². The zero-order chi connectivity index (χ0) is 22.6. The topological polar surface area (TPSA) is 67.1 Å². The van der Waals surface area contributed by atoms with Gasteiger partial charge < -0.3 is 16.0 Å². The number of benzene rings is 1. The minimum absolute atomic E-state index is 0.335. The molecule has 0 atom stereocenters. The fraction of sp³-hybridized carbons (Fsp3) is 0.407.